The van der Waals surface area contributed by atoms with Gasteiger partial charge in [0.25, 0.3) is 0 Å². The van der Waals surface area contributed by atoms with Gasteiger partial charge in [-0.1, -0.05) is 46.3 Å². The van der Waals surface area contributed by atoms with E-state index in [1.54, 1.807) is 60.7 Å². The minimum absolute atomic E-state index is 0.0366. The zero-order chi connectivity index (χ0) is 24.9. The third kappa shape index (κ3) is 5.61. The number of nitrogens with zero attached hydrogens (tertiary/aromatic N) is 3. The minimum atomic E-state index is -1.14. The van der Waals surface area contributed by atoms with Crippen LogP contribution in [0.25, 0.3) is 10.9 Å². The molecule has 176 valence electrons. The van der Waals surface area contributed by atoms with Gasteiger partial charge >= 0.3 is 11.8 Å². The Labute approximate surface area is 208 Å². The van der Waals surface area contributed by atoms with Crippen molar-refractivity contribution in [3.05, 3.63) is 82.8 Å². The van der Waals surface area contributed by atoms with Crippen molar-refractivity contribution in [1.82, 2.24) is 4.57 Å². The number of aromatic nitrogens is 1. The monoisotopic (exact) mass is 533 g/mol. The average Bonchev–Trinajstić information content (AvgIpc) is 3.07. The highest BCUT2D eigenvalue weighted by molar-refractivity contribution is 9.10. The molecular formula is C25H20BrN5O4. The summed E-state index contributed by atoms with van der Waals surface area (Å²) in [5.74, 6) is -2.84. The molecule has 4 aromatic rings. The van der Waals surface area contributed by atoms with Crippen LogP contribution in [0.2, 0.25) is 0 Å². The summed E-state index contributed by atoms with van der Waals surface area (Å²) in [4.78, 5) is 37.1. The second-order valence-corrected chi connectivity index (χ2v) is 8.58. The maximum absolute atomic E-state index is 12.6. The van der Waals surface area contributed by atoms with E-state index in [9.17, 15) is 19.5 Å². The van der Waals surface area contributed by atoms with Gasteiger partial charge in [0, 0.05) is 21.2 Å². The highest BCUT2D eigenvalue weighted by Crippen LogP contribution is 2.40. The number of anilines is 2. The Morgan fingerprint density at radius 3 is 2.43 bits per heavy atom. The number of hydrogen-bond acceptors (Lipinski definition) is 5. The molecule has 3 N–H and O–H groups in total. The van der Waals surface area contributed by atoms with Crippen molar-refractivity contribution in [2.24, 2.45) is 10.2 Å². The van der Waals surface area contributed by atoms with Crippen molar-refractivity contribution < 1.29 is 19.5 Å². The van der Waals surface area contributed by atoms with Gasteiger partial charge in [-0.3, -0.25) is 14.4 Å². The highest BCUT2D eigenvalue weighted by Gasteiger charge is 2.20. The van der Waals surface area contributed by atoms with Crippen molar-refractivity contribution in [2.45, 2.75) is 13.5 Å². The van der Waals surface area contributed by atoms with Crippen LogP contribution in [0.5, 0.6) is 5.88 Å². The number of carbonyl (C=O) groups excluding carboxylic acids is 3. The lowest BCUT2D eigenvalue weighted by Crippen LogP contribution is -2.20. The second kappa shape index (κ2) is 10.3. The van der Waals surface area contributed by atoms with Gasteiger partial charge in [-0.05, 0) is 55.0 Å². The molecule has 0 aliphatic heterocycles. The van der Waals surface area contributed by atoms with Crippen LogP contribution in [0, 0.1) is 6.92 Å². The number of aromatic hydroxyl groups is 1. The van der Waals surface area contributed by atoms with Gasteiger partial charge in [0.2, 0.25) is 11.8 Å². The van der Waals surface area contributed by atoms with Crippen molar-refractivity contribution in [2.75, 3.05) is 10.6 Å². The number of rotatable bonds is 5. The number of para-hydroxylation sites is 1. The number of carbonyl (C=O) groups is 3. The van der Waals surface area contributed by atoms with E-state index in [0.29, 0.717) is 26.8 Å². The minimum Gasteiger partial charge on any atom is -0.493 e. The molecule has 0 bridgehead atoms. The smallest absolute Gasteiger partial charge is 0.353 e. The van der Waals surface area contributed by atoms with Crippen molar-refractivity contribution in [1.29, 1.82) is 0 Å². The molecule has 4 rings (SSSR count). The van der Waals surface area contributed by atoms with Crippen molar-refractivity contribution in [3.63, 3.8) is 0 Å². The summed E-state index contributed by atoms with van der Waals surface area (Å²) in [6, 6.07) is 21.0. The Bertz CT molecular complexity index is 1460. The largest absolute Gasteiger partial charge is 0.493 e. The van der Waals surface area contributed by atoms with Gasteiger partial charge in [0.15, 0.2) is 5.69 Å². The quantitative estimate of drug-likeness (QED) is 0.237. The summed E-state index contributed by atoms with van der Waals surface area (Å²) in [7, 11) is 0. The third-order valence-corrected chi connectivity index (χ3v) is 5.54. The summed E-state index contributed by atoms with van der Waals surface area (Å²) in [6.45, 7) is 1.64. The van der Waals surface area contributed by atoms with E-state index >= 15 is 0 Å². The molecule has 3 amide bonds. The Balaban J connectivity index is 1.58. The highest BCUT2D eigenvalue weighted by atomic mass is 79.9. The molecule has 0 aliphatic rings. The first-order chi connectivity index (χ1) is 16.8. The van der Waals surface area contributed by atoms with Gasteiger partial charge in [0.1, 0.15) is 6.54 Å². The van der Waals surface area contributed by atoms with Gasteiger partial charge in [0.05, 0.1) is 5.52 Å². The summed E-state index contributed by atoms with van der Waals surface area (Å²) >= 11 is 3.37. The van der Waals surface area contributed by atoms with Crippen LogP contribution in [-0.4, -0.2) is 27.4 Å². The number of amides is 3. The summed E-state index contributed by atoms with van der Waals surface area (Å²) in [5.41, 5.74) is 2.44. The topological polar surface area (TPSA) is 125 Å². The van der Waals surface area contributed by atoms with Crippen LogP contribution >= 0.6 is 15.9 Å². The van der Waals surface area contributed by atoms with Crippen molar-refractivity contribution >= 4 is 61.6 Å². The van der Waals surface area contributed by atoms with Crippen LogP contribution in [0.1, 0.15) is 5.56 Å². The van der Waals surface area contributed by atoms with E-state index in [1.807, 2.05) is 19.1 Å². The molecule has 35 heavy (non-hydrogen) atoms. The number of aryl methyl sites for hydroxylation is 1. The predicted octanol–water partition coefficient (Wildman–Crippen LogP) is 5.31. The van der Waals surface area contributed by atoms with E-state index in [-0.39, 0.29) is 24.0 Å². The van der Waals surface area contributed by atoms with E-state index in [2.05, 4.69) is 36.8 Å². The number of fused-ring (bicyclic) bond motifs is 1. The molecule has 0 atom stereocenters. The molecule has 3 aromatic carbocycles. The van der Waals surface area contributed by atoms with Gasteiger partial charge in [-0.15, -0.1) is 10.2 Å². The van der Waals surface area contributed by atoms with E-state index in [1.165, 1.54) is 4.57 Å². The molecular weight excluding hydrogens is 514 g/mol. The molecule has 0 aliphatic carbocycles. The van der Waals surface area contributed by atoms with Gasteiger partial charge in [-0.2, -0.15) is 0 Å². The Morgan fingerprint density at radius 2 is 1.69 bits per heavy atom. The van der Waals surface area contributed by atoms with Crippen LogP contribution < -0.4 is 10.6 Å². The summed E-state index contributed by atoms with van der Waals surface area (Å²) in [5, 5.41) is 23.9. The molecule has 1 heterocycles. The van der Waals surface area contributed by atoms with Crippen LogP contribution in [0.15, 0.2) is 87.5 Å². The SMILES string of the molecule is Cc1cccc(NC(=O)C(=O)N=Nc2c(O)n(CC(=O)Nc3ccccc3)c3ccc(Br)cc23)c1. The predicted molar refractivity (Wildman–Crippen MR) is 136 cm³/mol. The first-order valence-corrected chi connectivity index (χ1v) is 11.3. The summed E-state index contributed by atoms with van der Waals surface area (Å²) in [6.07, 6.45) is 0. The van der Waals surface area contributed by atoms with Crippen LogP contribution in [0.3, 0.4) is 0 Å². The fourth-order valence-corrected chi connectivity index (χ4v) is 3.83. The van der Waals surface area contributed by atoms with Crippen LogP contribution in [0.4, 0.5) is 17.1 Å². The molecule has 10 heteroatoms. The standard InChI is InChI=1S/C25H20BrN5O4/c1-15-6-5-9-18(12-15)28-23(33)24(34)30-29-22-19-13-16(26)10-11-20(19)31(25(22)35)14-21(32)27-17-7-3-2-4-8-17/h2-13,35H,14H2,1H3,(H,27,32)(H,28,33). The molecule has 1 aromatic heterocycles. The van der Waals surface area contributed by atoms with Gasteiger partial charge < -0.3 is 20.3 Å². The second-order valence-electron chi connectivity index (χ2n) is 7.66. The third-order valence-electron chi connectivity index (χ3n) is 5.04. The van der Waals surface area contributed by atoms with E-state index < -0.39 is 11.8 Å². The summed E-state index contributed by atoms with van der Waals surface area (Å²) < 4.78 is 2.04. The fourth-order valence-electron chi connectivity index (χ4n) is 3.47. The molecule has 0 saturated heterocycles. The lowest BCUT2D eigenvalue weighted by molar-refractivity contribution is -0.134. The Hall–Kier alpha value is -4.31. The molecule has 0 spiro atoms. The lowest BCUT2D eigenvalue weighted by Gasteiger charge is -2.08. The molecule has 0 radical (unpaired) electrons. The normalized spacial score (nSPS) is 11.0. The van der Waals surface area contributed by atoms with E-state index in [4.69, 9.17) is 0 Å². The zero-order valence-electron chi connectivity index (χ0n) is 18.5. The maximum Gasteiger partial charge on any atom is 0.353 e. The first kappa shape index (κ1) is 23.8. The fraction of sp³-hybridized carbons (Fsp3) is 0.0800. The number of halogens is 1. The first-order valence-electron chi connectivity index (χ1n) is 10.5. The van der Waals surface area contributed by atoms with Crippen molar-refractivity contribution in [3.8, 4) is 5.88 Å². The van der Waals surface area contributed by atoms with Gasteiger partial charge in [-0.25, -0.2) is 0 Å². The number of hydrogen-bond donors (Lipinski definition) is 3. The molecule has 0 fully saturated rings. The lowest BCUT2D eigenvalue weighted by atomic mass is 10.2. The number of nitrogens with one attached hydrogen (secondary N) is 2. The zero-order valence-corrected chi connectivity index (χ0v) is 20.1. The maximum atomic E-state index is 12.6. The Kier molecular flexibility index (Phi) is 7.02. The number of azo groups is 1. The number of benzene rings is 3. The van der Waals surface area contributed by atoms with E-state index in [0.717, 1.165) is 5.56 Å². The molecule has 9 nitrogen and oxygen atoms in total. The average molecular weight is 534 g/mol. The Morgan fingerprint density at radius 1 is 0.943 bits per heavy atom. The molecule has 0 saturated carbocycles. The molecule has 0 unspecified atom stereocenters. The van der Waals surface area contributed by atoms with Crippen LogP contribution in [-0.2, 0) is 20.9 Å².